The lowest BCUT2D eigenvalue weighted by Crippen LogP contribution is -2.27. The van der Waals surface area contributed by atoms with Crippen LogP contribution in [0.15, 0.2) is 55.1 Å². The summed E-state index contributed by atoms with van der Waals surface area (Å²) >= 11 is 0. The second kappa shape index (κ2) is 7.02. The molecule has 1 amide bonds. The first kappa shape index (κ1) is 18.9. The Morgan fingerprint density at radius 2 is 1.87 bits per heavy atom. The van der Waals surface area contributed by atoms with E-state index >= 15 is 0 Å². The molecule has 0 unspecified atom stereocenters. The molecular formula is C23H21N7O. The molecule has 0 spiro atoms. The van der Waals surface area contributed by atoms with Crippen molar-refractivity contribution in [1.82, 2.24) is 30.1 Å². The highest BCUT2D eigenvalue weighted by Crippen LogP contribution is 2.30. The maximum atomic E-state index is 12.3. The van der Waals surface area contributed by atoms with Crippen molar-refractivity contribution in [3.05, 3.63) is 55.1 Å². The Balaban J connectivity index is 1.54. The fraction of sp³-hybridized carbons (Fsp3) is 0.174. The number of carbonyl (C=O) groups is 1. The van der Waals surface area contributed by atoms with Gasteiger partial charge in [0.05, 0.1) is 28.8 Å². The van der Waals surface area contributed by atoms with Crippen molar-refractivity contribution in [3.8, 4) is 22.6 Å². The minimum atomic E-state index is -0.492. The summed E-state index contributed by atoms with van der Waals surface area (Å²) in [6.45, 7) is 5.61. The average Bonchev–Trinajstić information content (AvgIpc) is 3.36. The number of aromatic amines is 2. The Kier molecular flexibility index (Phi) is 4.28. The summed E-state index contributed by atoms with van der Waals surface area (Å²) in [5, 5.41) is 11.4. The van der Waals surface area contributed by atoms with Crippen LogP contribution in [0.25, 0.3) is 44.6 Å². The molecule has 8 nitrogen and oxygen atoms in total. The van der Waals surface area contributed by atoms with Gasteiger partial charge in [-0.05, 0) is 30.3 Å². The summed E-state index contributed by atoms with van der Waals surface area (Å²) in [6, 6.07) is 9.66. The van der Waals surface area contributed by atoms with Crippen molar-refractivity contribution >= 4 is 33.5 Å². The second-order valence-corrected chi connectivity index (χ2v) is 8.48. The monoisotopic (exact) mass is 411 g/mol. The van der Waals surface area contributed by atoms with Gasteiger partial charge in [0.25, 0.3) is 0 Å². The van der Waals surface area contributed by atoms with E-state index in [0.29, 0.717) is 5.69 Å². The predicted octanol–water partition coefficient (Wildman–Crippen LogP) is 4.55. The van der Waals surface area contributed by atoms with Crippen LogP contribution >= 0.6 is 0 Å². The van der Waals surface area contributed by atoms with Crippen molar-refractivity contribution in [2.75, 3.05) is 5.32 Å². The molecule has 154 valence electrons. The van der Waals surface area contributed by atoms with Gasteiger partial charge in [0, 0.05) is 40.5 Å². The lowest BCUT2D eigenvalue weighted by Gasteiger charge is -2.17. The van der Waals surface area contributed by atoms with Gasteiger partial charge in [-0.1, -0.05) is 20.8 Å². The maximum Gasteiger partial charge on any atom is 0.229 e. The van der Waals surface area contributed by atoms with Gasteiger partial charge in [-0.15, -0.1) is 0 Å². The molecule has 5 heterocycles. The predicted molar refractivity (Wildman–Crippen MR) is 120 cm³/mol. The molecule has 0 aliphatic heterocycles. The quantitative estimate of drug-likeness (QED) is 0.403. The van der Waals surface area contributed by atoms with Crippen molar-refractivity contribution < 1.29 is 4.79 Å². The summed E-state index contributed by atoms with van der Waals surface area (Å²) in [4.78, 5) is 29.0. The Morgan fingerprint density at radius 1 is 1.00 bits per heavy atom. The Morgan fingerprint density at radius 3 is 2.68 bits per heavy atom. The van der Waals surface area contributed by atoms with Crippen molar-refractivity contribution in [2.24, 2.45) is 5.41 Å². The Bertz CT molecular complexity index is 1390. The smallest absolute Gasteiger partial charge is 0.229 e. The first-order chi connectivity index (χ1) is 14.9. The maximum absolute atomic E-state index is 12.3. The largest absolute Gasteiger partial charge is 0.353 e. The fourth-order valence-electron chi connectivity index (χ4n) is 3.31. The van der Waals surface area contributed by atoms with E-state index in [2.05, 4.69) is 30.5 Å². The van der Waals surface area contributed by atoms with Crippen LogP contribution in [0.2, 0.25) is 0 Å². The molecule has 0 atom stereocenters. The molecule has 5 aromatic heterocycles. The highest BCUT2D eigenvalue weighted by molar-refractivity contribution is 5.96. The topological polar surface area (TPSA) is 112 Å². The van der Waals surface area contributed by atoms with Crippen molar-refractivity contribution in [1.29, 1.82) is 0 Å². The van der Waals surface area contributed by atoms with E-state index in [1.807, 2.05) is 57.3 Å². The van der Waals surface area contributed by atoms with E-state index in [0.717, 1.165) is 44.6 Å². The zero-order valence-electron chi connectivity index (χ0n) is 17.4. The van der Waals surface area contributed by atoms with Crippen molar-refractivity contribution in [3.63, 3.8) is 0 Å². The average molecular weight is 411 g/mol. The molecule has 0 aliphatic rings. The standard InChI is InChI=1S/C23H21N7O/c1-23(2,3)22(31)26-15-8-13(11-25-12-15)16-4-5-18-20(28-16)21(30-29-18)19-9-14-10-24-7-6-17(14)27-19/h4-12,27H,1-3H3,(H,26,31)(H,29,30). The highest BCUT2D eigenvalue weighted by Gasteiger charge is 2.21. The third-order valence-electron chi connectivity index (χ3n) is 5.06. The van der Waals surface area contributed by atoms with Crippen LogP contribution in [0.4, 0.5) is 5.69 Å². The fourth-order valence-corrected chi connectivity index (χ4v) is 3.31. The first-order valence-corrected chi connectivity index (χ1v) is 9.93. The zero-order valence-corrected chi connectivity index (χ0v) is 17.4. The number of H-pyrrole nitrogens is 2. The van der Waals surface area contributed by atoms with E-state index in [9.17, 15) is 4.79 Å². The van der Waals surface area contributed by atoms with Crippen LogP contribution in [0, 0.1) is 5.41 Å². The number of anilines is 1. The van der Waals surface area contributed by atoms with Gasteiger partial charge in [-0.25, -0.2) is 4.98 Å². The number of amides is 1. The van der Waals surface area contributed by atoms with Crippen LogP contribution in [-0.2, 0) is 4.79 Å². The lowest BCUT2D eigenvalue weighted by atomic mass is 9.95. The minimum Gasteiger partial charge on any atom is -0.353 e. The zero-order chi connectivity index (χ0) is 21.6. The summed E-state index contributed by atoms with van der Waals surface area (Å²) in [5.41, 5.74) is 5.87. The molecule has 0 bridgehead atoms. The van der Waals surface area contributed by atoms with E-state index in [1.165, 1.54) is 0 Å². The number of hydrogen-bond donors (Lipinski definition) is 3. The summed E-state index contributed by atoms with van der Waals surface area (Å²) in [5.74, 6) is -0.0692. The molecule has 5 aromatic rings. The van der Waals surface area contributed by atoms with Crippen LogP contribution in [0.3, 0.4) is 0 Å². The molecule has 0 saturated heterocycles. The summed E-state index contributed by atoms with van der Waals surface area (Å²) < 4.78 is 0. The normalized spacial score (nSPS) is 11.8. The number of hydrogen-bond acceptors (Lipinski definition) is 5. The molecule has 31 heavy (non-hydrogen) atoms. The van der Waals surface area contributed by atoms with Crippen LogP contribution < -0.4 is 5.32 Å². The molecule has 0 aliphatic carbocycles. The molecule has 8 heteroatoms. The third kappa shape index (κ3) is 3.52. The number of pyridine rings is 3. The van der Waals surface area contributed by atoms with Crippen molar-refractivity contribution in [2.45, 2.75) is 20.8 Å². The molecule has 0 fully saturated rings. The number of nitrogens with zero attached hydrogens (tertiary/aromatic N) is 4. The number of rotatable bonds is 3. The molecule has 0 radical (unpaired) electrons. The van der Waals surface area contributed by atoms with Crippen LogP contribution in [-0.4, -0.2) is 36.0 Å². The number of fused-ring (bicyclic) bond motifs is 2. The van der Waals surface area contributed by atoms with Gasteiger partial charge in [0.15, 0.2) is 0 Å². The number of nitrogens with one attached hydrogen (secondary N) is 3. The van der Waals surface area contributed by atoms with E-state index in [-0.39, 0.29) is 5.91 Å². The van der Waals surface area contributed by atoms with Gasteiger partial charge in [0.1, 0.15) is 11.2 Å². The summed E-state index contributed by atoms with van der Waals surface area (Å²) in [7, 11) is 0. The number of carbonyl (C=O) groups excluding carboxylic acids is 1. The minimum absolute atomic E-state index is 0.0692. The Labute approximate surface area is 178 Å². The van der Waals surface area contributed by atoms with Gasteiger partial charge in [0.2, 0.25) is 5.91 Å². The van der Waals surface area contributed by atoms with Crippen LogP contribution in [0.5, 0.6) is 0 Å². The molecule has 5 rings (SSSR count). The first-order valence-electron chi connectivity index (χ1n) is 9.93. The summed E-state index contributed by atoms with van der Waals surface area (Å²) in [6.07, 6.45) is 6.93. The molecule has 0 saturated carbocycles. The van der Waals surface area contributed by atoms with Gasteiger partial charge in [-0.3, -0.25) is 19.9 Å². The highest BCUT2D eigenvalue weighted by atomic mass is 16.2. The third-order valence-corrected chi connectivity index (χ3v) is 5.06. The van der Waals surface area contributed by atoms with Crippen LogP contribution in [0.1, 0.15) is 20.8 Å². The van der Waals surface area contributed by atoms with E-state index in [1.54, 1.807) is 18.6 Å². The Hall–Kier alpha value is -4.07. The second-order valence-electron chi connectivity index (χ2n) is 8.48. The van der Waals surface area contributed by atoms with Gasteiger partial charge < -0.3 is 10.3 Å². The molecule has 0 aromatic carbocycles. The molecular weight excluding hydrogens is 390 g/mol. The van der Waals surface area contributed by atoms with Gasteiger partial charge in [-0.2, -0.15) is 5.10 Å². The molecule has 3 N–H and O–H groups in total. The lowest BCUT2D eigenvalue weighted by molar-refractivity contribution is -0.123. The number of aromatic nitrogens is 6. The van der Waals surface area contributed by atoms with Gasteiger partial charge >= 0.3 is 0 Å². The van der Waals surface area contributed by atoms with E-state index < -0.39 is 5.41 Å². The van der Waals surface area contributed by atoms with E-state index in [4.69, 9.17) is 4.98 Å². The SMILES string of the molecule is CC(C)(C)C(=O)Nc1cncc(-c2ccc3[nH]nc(-c4cc5cnccc5[nH]4)c3n2)c1.